The summed E-state index contributed by atoms with van der Waals surface area (Å²) in [4.78, 5) is 5.58. The molecule has 3 aromatic rings. The Morgan fingerprint density at radius 2 is 1.80 bits per heavy atom. The summed E-state index contributed by atoms with van der Waals surface area (Å²) in [5, 5.41) is 3.86. The Bertz CT molecular complexity index is 996. The number of nitrogens with one attached hydrogen (secondary N) is 1. The van der Waals surface area contributed by atoms with Gasteiger partial charge in [0.1, 0.15) is 5.82 Å². The summed E-state index contributed by atoms with van der Waals surface area (Å²) in [6.07, 6.45) is 1.19. The first-order valence-corrected chi connectivity index (χ1v) is 10.4. The van der Waals surface area contributed by atoms with E-state index in [1.807, 2.05) is 6.92 Å². The zero-order valence-corrected chi connectivity index (χ0v) is 15.4. The largest absolute Gasteiger partial charge is 0.362 e. The minimum atomic E-state index is -3.39. The summed E-state index contributed by atoms with van der Waals surface area (Å²) in [6.45, 7) is 2.66. The Labute approximate surface area is 150 Å². The third kappa shape index (κ3) is 3.72. The molecule has 0 aliphatic rings. The van der Waals surface area contributed by atoms with Crippen molar-refractivity contribution in [3.05, 3.63) is 54.3 Å². The van der Waals surface area contributed by atoms with Gasteiger partial charge in [0.05, 0.1) is 15.5 Å². The molecule has 0 radical (unpaired) electrons. The summed E-state index contributed by atoms with van der Waals surface area (Å²) in [6, 6.07) is 12.9. The highest BCUT2D eigenvalue weighted by Gasteiger charge is 2.21. The fourth-order valence-corrected chi connectivity index (χ4v) is 4.57. The topological polar surface area (TPSA) is 59.1 Å². The van der Waals surface area contributed by atoms with Crippen LogP contribution in [0.4, 0.5) is 9.52 Å². The Morgan fingerprint density at radius 3 is 2.44 bits per heavy atom. The average molecular weight is 376 g/mol. The summed E-state index contributed by atoms with van der Waals surface area (Å²) >= 11 is 1.39. The highest BCUT2D eigenvalue weighted by atomic mass is 32.2. The number of rotatable bonds is 5. The molecule has 0 aliphatic carbocycles. The van der Waals surface area contributed by atoms with Crippen molar-refractivity contribution in [3.63, 3.8) is 0 Å². The van der Waals surface area contributed by atoms with Crippen LogP contribution in [0, 0.1) is 5.82 Å². The lowest BCUT2D eigenvalue weighted by Gasteiger charge is -2.08. The molecule has 2 aromatic carbocycles. The minimum absolute atomic E-state index is 0.255. The van der Waals surface area contributed by atoms with E-state index in [0.29, 0.717) is 22.9 Å². The first kappa shape index (κ1) is 17.6. The van der Waals surface area contributed by atoms with Gasteiger partial charge >= 0.3 is 0 Å². The van der Waals surface area contributed by atoms with E-state index in [2.05, 4.69) is 10.3 Å². The lowest BCUT2D eigenvalue weighted by molar-refractivity contribution is 0.602. The Kier molecular flexibility index (Phi) is 4.87. The van der Waals surface area contributed by atoms with Crippen molar-refractivity contribution >= 4 is 26.3 Å². The highest BCUT2D eigenvalue weighted by Crippen LogP contribution is 2.41. The van der Waals surface area contributed by atoms with Crippen LogP contribution >= 0.6 is 11.3 Å². The van der Waals surface area contributed by atoms with Crippen molar-refractivity contribution in [2.75, 3.05) is 18.1 Å². The lowest BCUT2D eigenvalue weighted by Crippen LogP contribution is -1.99. The van der Waals surface area contributed by atoms with Crippen LogP contribution in [0.1, 0.15) is 6.92 Å². The molecule has 1 N–H and O–H groups in total. The van der Waals surface area contributed by atoms with E-state index in [0.717, 1.165) is 10.4 Å². The van der Waals surface area contributed by atoms with Gasteiger partial charge in [-0.3, -0.25) is 0 Å². The molecule has 0 saturated heterocycles. The molecule has 0 fully saturated rings. The normalized spacial score (nSPS) is 11.5. The standard InChI is InChI=1S/C18H17FN2O2S2/c1-3-20-18-21-16(12-8-10-13(19)11-9-12)17(24-18)14-6-4-5-7-15(14)25(2,22)23/h4-11H,3H2,1-2H3,(H,20,21). The van der Waals surface area contributed by atoms with E-state index in [4.69, 9.17) is 0 Å². The van der Waals surface area contributed by atoms with Gasteiger partial charge in [-0.05, 0) is 37.3 Å². The maximum atomic E-state index is 13.3. The van der Waals surface area contributed by atoms with Gasteiger partial charge in [0.25, 0.3) is 0 Å². The van der Waals surface area contributed by atoms with E-state index in [9.17, 15) is 12.8 Å². The van der Waals surface area contributed by atoms with Crippen LogP contribution in [0.5, 0.6) is 0 Å². The molecule has 130 valence electrons. The molecule has 0 spiro atoms. The third-order valence-electron chi connectivity index (χ3n) is 3.60. The SMILES string of the molecule is CCNc1nc(-c2ccc(F)cc2)c(-c2ccccc2S(C)(=O)=O)s1. The van der Waals surface area contributed by atoms with Crippen molar-refractivity contribution in [2.24, 2.45) is 0 Å². The second kappa shape index (κ2) is 6.93. The number of sulfone groups is 1. The second-order valence-electron chi connectivity index (χ2n) is 5.50. The molecule has 0 atom stereocenters. The Hall–Kier alpha value is -2.25. The van der Waals surface area contributed by atoms with Gasteiger partial charge in [-0.15, -0.1) is 0 Å². The molecule has 0 bridgehead atoms. The van der Waals surface area contributed by atoms with Crippen LogP contribution < -0.4 is 5.32 Å². The van der Waals surface area contributed by atoms with E-state index < -0.39 is 9.84 Å². The van der Waals surface area contributed by atoms with Gasteiger partial charge < -0.3 is 5.32 Å². The highest BCUT2D eigenvalue weighted by molar-refractivity contribution is 7.90. The molecule has 1 aromatic heterocycles. The number of benzene rings is 2. The first-order chi connectivity index (χ1) is 11.9. The van der Waals surface area contributed by atoms with Crippen molar-refractivity contribution in [1.82, 2.24) is 4.98 Å². The molecule has 1 heterocycles. The summed E-state index contributed by atoms with van der Waals surface area (Å²) < 4.78 is 37.6. The van der Waals surface area contributed by atoms with Crippen molar-refractivity contribution in [3.8, 4) is 21.7 Å². The number of hydrogen-bond acceptors (Lipinski definition) is 5. The van der Waals surface area contributed by atoms with Gasteiger partial charge in [0, 0.05) is 23.9 Å². The molecule has 3 rings (SSSR count). The third-order valence-corrected chi connectivity index (χ3v) is 5.81. The number of hydrogen-bond donors (Lipinski definition) is 1. The molecule has 0 aliphatic heterocycles. The van der Waals surface area contributed by atoms with Crippen LogP contribution in [0.25, 0.3) is 21.7 Å². The zero-order valence-electron chi connectivity index (χ0n) is 13.8. The molecular formula is C18H17FN2O2S2. The van der Waals surface area contributed by atoms with Gasteiger partial charge in [-0.25, -0.2) is 17.8 Å². The van der Waals surface area contributed by atoms with Gasteiger partial charge in [0.15, 0.2) is 15.0 Å². The predicted molar refractivity (Wildman–Crippen MR) is 100 cm³/mol. The van der Waals surface area contributed by atoms with E-state index >= 15 is 0 Å². The Balaban J connectivity index is 2.24. The molecule has 7 heteroatoms. The fourth-order valence-electron chi connectivity index (χ4n) is 2.51. The van der Waals surface area contributed by atoms with Crippen molar-refractivity contribution in [1.29, 1.82) is 0 Å². The number of nitrogens with zero attached hydrogens (tertiary/aromatic N) is 1. The monoisotopic (exact) mass is 376 g/mol. The minimum Gasteiger partial charge on any atom is -0.362 e. The maximum absolute atomic E-state index is 13.3. The number of anilines is 1. The average Bonchev–Trinajstić information content (AvgIpc) is 2.99. The molecule has 0 saturated carbocycles. The van der Waals surface area contributed by atoms with Crippen molar-refractivity contribution in [2.45, 2.75) is 11.8 Å². The van der Waals surface area contributed by atoms with E-state index in [1.54, 1.807) is 36.4 Å². The predicted octanol–water partition coefficient (Wildman–Crippen LogP) is 4.45. The smallest absolute Gasteiger partial charge is 0.183 e. The Morgan fingerprint density at radius 1 is 1.12 bits per heavy atom. The zero-order chi connectivity index (χ0) is 18.0. The molecule has 0 unspecified atom stereocenters. The van der Waals surface area contributed by atoms with Crippen LogP contribution in [0.2, 0.25) is 0 Å². The van der Waals surface area contributed by atoms with E-state index in [-0.39, 0.29) is 10.7 Å². The van der Waals surface area contributed by atoms with E-state index in [1.165, 1.54) is 29.7 Å². The quantitative estimate of drug-likeness (QED) is 0.715. The summed E-state index contributed by atoms with van der Waals surface area (Å²) in [5.74, 6) is -0.330. The van der Waals surface area contributed by atoms with Gasteiger partial charge in [0.2, 0.25) is 0 Å². The molecule has 25 heavy (non-hydrogen) atoms. The van der Waals surface area contributed by atoms with Crippen LogP contribution in [0.15, 0.2) is 53.4 Å². The van der Waals surface area contributed by atoms with Gasteiger partial charge in [-0.2, -0.15) is 0 Å². The molecule has 4 nitrogen and oxygen atoms in total. The number of thiazole rings is 1. The van der Waals surface area contributed by atoms with Crippen LogP contribution in [-0.4, -0.2) is 26.2 Å². The van der Waals surface area contributed by atoms with Crippen molar-refractivity contribution < 1.29 is 12.8 Å². The second-order valence-corrected chi connectivity index (χ2v) is 8.49. The number of aromatic nitrogens is 1. The molecular weight excluding hydrogens is 359 g/mol. The lowest BCUT2D eigenvalue weighted by atomic mass is 10.1. The summed E-state index contributed by atoms with van der Waals surface area (Å²) in [7, 11) is -3.39. The van der Waals surface area contributed by atoms with Crippen LogP contribution in [0.3, 0.4) is 0 Å². The maximum Gasteiger partial charge on any atom is 0.183 e. The first-order valence-electron chi connectivity index (χ1n) is 7.70. The van der Waals surface area contributed by atoms with Crippen LogP contribution in [-0.2, 0) is 9.84 Å². The molecule has 0 amide bonds. The number of halogens is 1. The van der Waals surface area contributed by atoms with Gasteiger partial charge in [-0.1, -0.05) is 29.5 Å². The fraction of sp³-hybridized carbons (Fsp3) is 0.167. The summed E-state index contributed by atoms with van der Waals surface area (Å²) in [5.41, 5.74) is 1.98.